The Balaban J connectivity index is 1.76. The van der Waals surface area contributed by atoms with E-state index in [4.69, 9.17) is 21.1 Å². The van der Waals surface area contributed by atoms with Crippen LogP contribution in [0.4, 0.5) is 5.69 Å². The number of carbonyl (C=O) groups is 2. The van der Waals surface area contributed by atoms with Gasteiger partial charge in [-0.1, -0.05) is 29.8 Å². The minimum atomic E-state index is -0.269. The van der Waals surface area contributed by atoms with Crippen molar-refractivity contribution in [3.63, 3.8) is 0 Å². The Morgan fingerprint density at radius 3 is 2.41 bits per heavy atom. The number of ether oxygens (including phenoxy) is 2. The standard InChI is InChI=1S/C21H26ClN3O4/c1-25(14-21(27)24-17-12-16(22)8-9-19(17)29-3)13-20(26)23-11-10-15-6-4-5-7-18(15)28-2/h4-9,12H,10-11,13-14H2,1-3H3,(H,23,26)(H,24,27). The summed E-state index contributed by atoms with van der Waals surface area (Å²) in [5.41, 5.74) is 1.51. The number of likely N-dealkylation sites (N-methyl/N-ethyl adjacent to an activating group) is 1. The number of rotatable bonds is 10. The van der Waals surface area contributed by atoms with Crippen LogP contribution in [-0.2, 0) is 16.0 Å². The van der Waals surface area contributed by atoms with E-state index in [-0.39, 0.29) is 24.9 Å². The first-order chi connectivity index (χ1) is 13.9. The second-order valence-corrected chi connectivity index (χ2v) is 6.91. The quantitative estimate of drug-likeness (QED) is 0.618. The lowest BCUT2D eigenvalue weighted by Crippen LogP contribution is -2.39. The molecule has 0 atom stereocenters. The number of hydrogen-bond acceptors (Lipinski definition) is 5. The summed E-state index contributed by atoms with van der Waals surface area (Å²) in [6, 6.07) is 12.7. The zero-order valence-corrected chi connectivity index (χ0v) is 17.6. The maximum absolute atomic E-state index is 12.3. The third-order valence-corrected chi connectivity index (χ3v) is 4.41. The zero-order chi connectivity index (χ0) is 21.2. The summed E-state index contributed by atoms with van der Waals surface area (Å²) in [4.78, 5) is 26.0. The van der Waals surface area contributed by atoms with E-state index in [0.717, 1.165) is 11.3 Å². The van der Waals surface area contributed by atoms with Crippen LogP contribution in [-0.4, -0.2) is 57.6 Å². The topological polar surface area (TPSA) is 79.9 Å². The van der Waals surface area contributed by atoms with E-state index < -0.39 is 0 Å². The predicted molar refractivity (Wildman–Crippen MR) is 114 cm³/mol. The molecule has 0 heterocycles. The second kappa shape index (κ2) is 11.3. The van der Waals surface area contributed by atoms with Crippen molar-refractivity contribution in [3.05, 3.63) is 53.1 Å². The summed E-state index contributed by atoms with van der Waals surface area (Å²) < 4.78 is 10.5. The summed E-state index contributed by atoms with van der Waals surface area (Å²) >= 11 is 5.97. The fraction of sp³-hybridized carbons (Fsp3) is 0.333. The molecule has 0 saturated heterocycles. The molecule has 2 amide bonds. The van der Waals surface area contributed by atoms with Crippen molar-refractivity contribution in [3.8, 4) is 11.5 Å². The third-order valence-electron chi connectivity index (χ3n) is 4.17. The summed E-state index contributed by atoms with van der Waals surface area (Å²) in [6.45, 7) is 0.639. The van der Waals surface area contributed by atoms with Gasteiger partial charge in [-0.25, -0.2) is 0 Å². The van der Waals surface area contributed by atoms with Crippen LogP contribution in [0.2, 0.25) is 5.02 Å². The first-order valence-electron chi connectivity index (χ1n) is 9.13. The highest BCUT2D eigenvalue weighted by molar-refractivity contribution is 6.31. The SMILES string of the molecule is COc1ccccc1CCNC(=O)CN(C)CC(=O)Nc1cc(Cl)ccc1OC. The number of amides is 2. The largest absolute Gasteiger partial charge is 0.496 e. The van der Waals surface area contributed by atoms with Crippen LogP contribution in [0.5, 0.6) is 11.5 Å². The number of methoxy groups -OCH3 is 2. The molecule has 0 aliphatic carbocycles. The molecule has 0 spiro atoms. The number of benzene rings is 2. The fourth-order valence-corrected chi connectivity index (χ4v) is 2.99. The Bertz CT molecular complexity index is 844. The molecule has 2 aromatic carbocycles. The van der Waals surface area contributed by atoms with Crippen molar-refractivity contribution in [2.45, 2.75) is 6.42 Å². The molecule has 2 rings (SSSR count). The molecule has 0 fully saturated rings. The zero-order valence-electron chi connectivity index (χ0n) is 16.8. The number of anilines is 1. The van der Waals surface area contributed by atoms with Crippen molar-refractivity contribution in [2.75, 3.05) is 46.2 Å². The molecule has 0 saturated carbocycles. The molecule has 156 valence electrons. The number of hydrogen-bond donors (Lipinski definition) is 2. The monoisotopic (exact) mass is 419 g/mol. The average Bonchev–Trinajstić information content (AvgIpc) is 2.68. The highest BCUT2D eigenvalue weighted by Gasteiger charge is 2.13. The molecular formula is C21H26ClN3O4. The van der Waals surface area contributed by atoms with Crippen molar-refractivity contribution in [1.82, 2.24) is 10.2 Å². The molecule has 0 unspecified atom stereocenters. The molecule has 7 nitrogen and oxygen atoms in total. The minimum absolute atomic E-state index is 0.0512. The molecular weight excluding hydrogens is 394 g/mol. The fourth-order valence-electron chi connectivity index (χ4n) is 2.82. The van der Waals surface area contributed by atoms with E-state index in [0.29, 0.717) is 29.4 Å². The second-order valence-electron chi connectivity index (χ2n) is 6.48. The molecule has 0 aromatic heterocycles. The van der Waals surface area contributed by atoms with Crippen LogP contribution in [0, 0.1) is 0 Å². The smallest absolute Gasteiger partial charge is 0.238 e. The van der Waals surface area contributed by atoms with Gasteiger partial charge in [0, 0.05) is 11.6 Å². The molecule has 0 radical (unpaired) electrons. The lowest BCUT2D eigenvalue weighted by molar-refractivity contribution is -0.122. The van der Waals surface area contributed by atoms with Gasteiger partial charge in [0.25, 0.3) is 0 Å². The van der Waals surface area contributed by atoms with Gasteiger partial charge in [-0.15, -0.1) is 0 Å². The molecule has 0 aliphatic rings. The van der Waals surface area contributed by atoms with Crippen LogP contribution in [0.3, 0.4) is 0 Å². The van der Waals surface area contributed by atoms with Crippen LogP contribution >= 0.6 is 11.6 Å². The van der Waals surface area contributed by atoms with Gasteiger partial charge < -0.3 is 20.1 Å². The van der Waals surface area contributed by atoms with Crippen LogP contribution in [0.25, 0.3) is 0 Å². The van der Waals surface area contributed by atoms with Gasteiger partial charge in [0.1, 0.15) is 11.5 Å². The first kappa shape index (κ1) is 22.5. The predicted octanol–water partition coefficient (Wildman–Crippen LogP) is 2.59. The van der Waals surface area contributed by atoms with Gasteiger partial charge in [-0.2, -0.15) is 0 Å². The van der Waals surface area contributed by atoms with E-state index >= 15 is 0 Å². The molecule has 2 N–H and O–H groups in total. The highest BCUT2D eigenvalue weighted by Crippen LogP contribution is 2.27. The molecule has 0 aliphatic heterocycles. The van der Waals surface area contributed by atoms with Crippen LogP contribution < -0.4 is 20.1 Å². The van der Waals surface area contributed by atoms with Gasteiger partial charge in [-0.05, 0) is 43.3 Å². The Hall–Kier alpha value is -2.77. The summed E-state index contributed by atoms with van der Waals surface area (Å²) in [7, 11) is 4.84. The van der Waals surface area contributed by atoms with E-state index in [1.807, 2.05) is 24.3 Å². The Morgan fingerprint density at radius 2 is 1.69 bits per heavy atom. The maximum Gasteiger partial charge on any atom is 0.238 e. The van der Waals surface area contributed by atoms with E-state index in [1.165, 1.54) is 7.11 Å². The third kappa shape index (κ3) is 7.29. The van der Waals surface area contributed by atoms with Crippen LogP contribution in [0.1, 0.15) is 5.56 Å². The van der Waals surface area contributed by atoms with Crippen molar-refractivity contribution in [2.24, 2.45) is 0 Å². The average molecular weight is 420 g/mol. The summed E-state index contributed by atoms with van der Waals surface area (Å²) in [6.07, 6.45) is 0.661. The number of nitrogens with one attached hydrogen (secondary N) is 2. The molecule has 2 aromatic rings. The number of para-hydroxylation sites is 1. The Kier molecular flexibility index (Phi) is 8.76. The first-order valence-corrected chi connectivity index (χ1v) is 9.51. The van der Waals surface area contributed by atoms with E-state index in [1.54, 1.807) is 37.3 Å². The van der Waals surface area contributed by atoms with Crippen molar-refractivity contribution < 1.29 is 19.1 Å². The molecule has 0 bridgehead atoms. The van der Waals surface area contributed by atoms with Gasteiger partial charge in [0.2, 0.25) is 11.8 Å². The Morgan fingerprint density at radius 1 is 1.00 bits per heavy atom. The lowest BCUT2D eigenvalue weighted by atomic mass is 10.1. The number of carbonyl (C=O) groups excluding carboxylic acids is 2. The van der Waals surface area contributed by atoms with E-state index in [2.05, 4.69) is 10.6 Å². The van der Waals surface area contributed by atoms with Gasteiger partial charge in [0.05, 0.1) is 33.0 Å². The summed E-state index contributed by atoms with van der Waals surface area (Å²) in [5, 5.41) is 6.09. The highest BCUT2D eigenvalue weighted by atomic mass is 35.5. The summed E-state index contributed by atoms with van der Waals surface area (Å²) in [5.74, 6) is 0.886. The minimum Gasteiger partial charge on any atom is -0.496 e. The van der Waals surface area contributed by atoms with Crippen molar-refractivity contribution >= 4 is 29.1 Å². The molecule has 29 heavy (non-hydrogen) atoms. The molecule has 8 heteroatoms. The van der Waals surface area contributed by atoms with E-state index in [9.17, 15) is 9.59 Å². The van der Waals surface area contributed by atoms with Gasteiger partial charge >= 0.3 is 0 Å². The van der Waals surface area contributed by atoms with Gasteiger partial charge in [0.15, 0.2) is 0 Å². The lowest BCUT2D eigenvalue weighted by Gasteiger charge is -2.17. The van der Waals surface area contributed by atoms with Gasteiger partial charge in [-0.3, -0.25) is 14.5 Å². The Labute approximate surface area is 175 Å². The maximum atomic E-state index is 12.3. The van der Waals surface area contributed by atoms with Crippen LogP contribution in [0.15, 0.2) is 42.5 Å². The normalized spacial score (nSPS) is 10.5. The number of halogens is 1. The van der Waals surface area contributed by atoms with Crippen molar-refractivity contribution in [1.29, 1.82) is 0 Å². The number of nitrogens with zero attached hydrogens (tertiary/aromatic N) is 1.